The highest BCUT2D eigenvalue weighted by Gasteiger charge is 2.40. The lowest BCUT2D eigenvalue weighted by atomic mass is 10.1. The summed E-state index contributed by atoms with van der Waals surface area (Å²) in [5.41, 5.74) is 1.58. The van der Waals surface area contributed by atoms with Gasteiger partial charge < -0.3 is 18.6 Å². The molecule has 0 bridgehead atoms. The van der Waals surface area contributed by atoms with Gasteiger partial charge in [-0.15, -0.1) is 0 Å². The SMILES string of the molecule is COc1cc(CP(=O)(O)OC)cc(C)c1O[Si](C)(C)C(C)(C)C. The first kappa shape index (κ1) is 20.2. The van der Waals surface area contributed by atoms with E-state index in [1.807, 2.05) is 13.0 Å². The van der Waals surface area contributed by atoms with Crippen molar-refractivity contribution in [2.45, 2.75) is 52.0 Å². The summed E-state index contributed by atoms with van der Waals surface area (Å²) in [5, 5.41) is 0.0694. The molecule has 1 rings (SSSR count). The van der Waals surface area contributed by atoms with Crippen molar-refractivity contribution in [2.24, 2.45) is 0 Å². The molecule has 0 spiro atoms. The summed E-state index contributed by atoms with van der Waals surface area (Å²) in [6.07, 6.45) is -0.0545. The van der Waals surface area contributed by atoms with Crippen LogP contribution in [0.15, 0.2) is 12.1 Å². The lowest BCUT2D eigenvalue weighted by molar-refractivity contribution is 0.314. The Morgan fingerprint density at radius 3 is 2.22 bits per heavy atom. The van der Waals surface area contributed by atoms with Gasteiger partial charge >= 0.3 is 7.60 Å². The fourth-order valence-corrected chi connectivity index (χ4v) is 3.74. The quantitative estimate of drug-likeness (QED) is 0.587. The Bertz CT molecular complexity index is 607. The van der Waals surface area contributed by atoms with Crippen molar-refractivity contribution in [2.75, 3.05) is 14.2 Å². The molecule has 0 saturated heterocycles. The predicted octanol–water partition coefficient (Wildman–Crippen LogP) is 4.72. The first-order valence-corrected chi connectivity index (χ1v) is 12.2. The molecule has 0 radical (unpaired) electrons. The number of benzene rings is 1. The van der Waals surface area contributed by atoms with Gasteiger partial charge in [0.05, 0.1) is 13.3 Å². The lowest BCUT2D eigenvalue weighted by Crippen LogP contribution is -2.44. The van der Waals surface area contributed by atoms with E-state index in [2.05, 4.69) is 38.4 Å². The van der Waals surface area contributed by atoms with Crippen molar-refractivity contribution in [1.82, 2.24) is 0 Å². The van der Waals surface area contributed by atoms with Crippen molar-refractivity contribution in [3.8, 4) is 11.5 Å². The zero-order valence-electron chi connectivity index (χ0n) is 15.4. The molecule has 0 heterocycles. The molecule has 5 nitrogen and oxygen atoms in total. The average Bonchev–Trinajstić information content (AvgIpc) is 2.39. The van der Waals surface area contributed by atoms with Gasteiger partial charge in [-0.25, -0.2) is 0 Å². The van der Waals surface area contributed by atoms with E-state index in [-0.39, 0.29) is 11.2 Å². The Labute approximate surface area is 140 Å². The van der Waals surface area contributed by atoms with E-state index in [0.717, 1.165) is 5.56 Å². The highest BCUT2D eigenvalue weighted by Crippen LogP contribution is 2.47. The van der Waals surface area contributed by atoms with Crippen LogP contribution in [-0.2, 0) is 15.3 Å². The molecule has 0 aliphatic rings. The summed E-state index contributed by atoms with van der Waals surface area (Å²) in [6, 6.07) is 3.60. The molecular weight excluding hydrogens is 331 g/mol. The Morgan fingerprint density at radius 1 is 1.22 bits per heavy atom. The number of ether oxygens (including phenoxy) is 1. The smallest absolute Gasteiger partial charge is 0.332 e. The molecule has 1 aromatic carbocycles. The third-order valence-electron chi connectivity index (χ3n) is 4.35. The van der Waals surface area contributed by atoms with Gasteiger partial charge in [-0.05, 0) is 42.2 Å². The second-order valence-corrected chi connectivity index (χ2v) is 14.0. The van der Waals surface area contributed by atoms with E-state index in [9.17, 15) is 9.46 Å². The second-order valence-electron chi connectivity index (χ2n) is 7.28. The topological polar surface area (TPSA) is 65.0 Å². The fraction of sp³-hybridized carbons (Fsp3) is 0.625. The minimum atomic E-state index is -3.62. The van der Waals surface area contributed by atoms with Crippen LogP contribution in [0.4, 0.5) is 0 Å². The van der Waals surface area contributed by atoms with Gasteiger partial charge in [-0.1, -0.05) is 26.8 Å². The highest BCUT2D eigenvalue weighted by molar-refractivity contribution is 7.51. The first-order valence-electron chi connectivity index (χ1n) is 7.57. The normalized spacial score (nSPS) is 15.2. The van der Waals surface area contributed by atoms with Crippen LogP contribution in [0.2, 0.25) is 18.1 Å². The summed E-state index contributed by atoms with van der Waals surface area (Å²) in [5.74, 6) is 1.30. The maximum absolute atomic E-state index is 11.8. The van der Waals surface area contributed by atoms with Crippen LogP contribution in [0.1, 0.15) is 31.9 Å². The zero-order chi connectivity index (χ0) is 18.1. The maximum atomic E-state index is 11.8. The van der Waals surface area contributed by atoms with Gasteiger partial charge in [0.2, 0.25) is 0 Å². The monoisotopic (exact) mass is 360 g/mol. The van der Waals surface area contributed by atoms with Crippen LogP contribution in [-0.4, -0.2) is 27.4 Å². The maximum Gasteiger partial charge on any atom is 0.332 e. The van der Waals surface area contributed by atoms with Crippen LogP contribution >= 0.6 is 7.60 Å². The molecule has 0 fully saturated rings. The van der Waals surface area contributed by atoms with Gasteiger partial charge in [-0.2, -0.15) is 0 Å². The van der Waals surface area contributed by atoms with Gasteiger partial charge in [0.1, 0.15) is 5.75 Å². The Balaban J connectivity index is 3.24. The molecule has 0 aliphatic heterocycles. The molecule has 1 N–H and O–H groups in total. The average molecular weight is 360 g/mol. The van der Waals surface area contributed by atoms with Crippen molar-refractivity contribution < 1.29 is 23.1 Å². The highest BCUT2D eigenvalue weighted by atomic mass is 31.2. The molecule has 1 unspecified atom stereocenters. The summed E-state index contributed by atoms with van der Waals surface area (Å²) >= 11 is 0. The third kappa shape index (κ3) is 5.08. The standard InChI is InChI=1S/C16H29O5PSi/c1-12-9-13(11-22(17,18)20-6)10-14(19-5)15(12)21-23(7,8)16(2,3)4/h9-10H,11H2,1-8H3,(H,17,18). The van der Waals surface area contributed by atoms with E-state index in [0.29, 0.717) is 17.1 Å². The largest absolute Gasteiger partial charge is 0.541 e. The molecule has 0 saturated carbocycles. The summed E-state index contributed by atoms with van der Waals surface area (Å²) in [7, 11) is -2.81. The lowest BCUT2D eigenvalue weighted by Gasteiger charge is -2.37. The summed E-state index contributed by atoms with van der Waals surface area (Å²) in [4.78, 5) is 9.66. The van der Waals surface area contributed by atoms with Crippen LogP contribution in [0.3, 0.4) is 0 Å². The molecule has 0 aromatic heterocycles. The molecule has 23 heavy (non-hydrogen) atoms. The number of rotatable bonds is 6. The van der Waals surface area contributed by atoms with E-state index < -0.39 is 15.9 Å². The molecule has 7 heteroatoms. The fourth-order valence-electron chi connectivity index (χ4n) is 1.89. The van der Waals surface area contributed by atoms with Crippen molar-refractivity contribution in [1.29, 1.82) is 0 Å². The molecule has 0 aliphatic carbocycles. The van der Waals surface area contributed by atoms with Crippen molar-refractivity contribution in [3.63, 3.8) is 0 Å². The van der Waals surface area contributed by atoms with Crippen LogP contribution in [0.25, 0.3) is 0 Å². The van der Waals surface area contributed by atoms with Gasteiger partial charge in [0.15, 0.2) is 5.75 Å². The van der Waals surface area contributed by atoms with E-state index in [1.165, 1.54) is 7.11 Å². The van der Waals surface area contributed by atoms with Crippen LogP contribution in [0.5, 0.6) is 11.5 Å². The molecule has 1 aromatic rings. The number of methoxy groups -OCH3 is 1. The van der Waals surface area contributed by atoms with Gasteiger partial charge in [0.25, 0.3) is 8.32 Å². The van der Waals surface area contributed by atoms with Crippen LogP contribution in [0, 0.1) is 6.92 Å². The van der Waals surface area contributed by atoms with Gasteiger partial charge in [-0.3, -0.25) is 4.57 Å². The molecule has 0 amide bonds. The van der Waals surface area contributed by atoms with Crippen molar-refractivity contribution in [3.05, 3.63) is 23.3 Å². The third-order valence-corrected chi connectivity index (χ3v) is 10.0. The second kappa shape index (κ2) is 6.97. The first-order chi connectivity index (χ1) is 10.3. The Morgan fingerprint density at radius 2 is 1.78 bits per heavy atom. The van der Waals surface area contributed by atoms with E-state index in [1.54, 1.807) is 13.2 Å². The Hall–Kier alpha value is -0.813. The molecule has 1 atom stereocenters. The van der Waals surface area contributed by atoms with Crippen molar-refractivity contribution >= 4 is 15.9 Å². The van der Waals surface area contributed by atoms with Gasteiger partial charge in [0, 0.05) is 7.11 Å². The number of aryl methyl sites for hydroxylation is 1. The van der Waals surface area contributed by atoms with Crippen LogP contribution < -0.4 is 9.16 Å². The predicted molar refractivity (Wildman–Crippen MR) is 96.1 cm³/mol. The van der Waals surface area contributed by atoms with E-state index in [4.69, 9.17) is 9.16 Å². The Kier molecular flexibility index (Phi) is 6.13. The summed E-state index contributed by atoms with van der Waals surface area (Å²) in [6.45, 7) is 12.8. The summed E-state index contributed by atoms with van der Waals surface area (Å²) < 4.78 is 28.3. The molecular formula is C16H29O5PSi. The minimum absolute atomic E-state index is 0.0545. The number of hydrogen-bond donors (Lipinski definition) is 1. The minimum Gasteiger partial charge on any atom is -0.541 e. The zero-order valence-corrected chi connectivity index (χ0v) is 17.3. The number of hydrogen-bond acceptors (Lipinski definition) is 4. The molecule has 132 valence electrons. The van der Waals surface area contributed by atoms with E-state index >= 15 is 0 Å².